The van der Waals surface area contributed by atoms with E-state index < -0.39 is 0 Å². The van der Waals surface area contributed by atoms with Gasteiger partial charge in [-0.1, -0.05) is 5.16 Å². The molecule has 2 aliphatic heterocycles. The molecule has 1 aromatic rings. The Bertz CT molecular complexity index is 397. The second-order valence-corrected chi connectivity index (χ2v) is 4.93. The average molecular weight is 220 g/mol. The molecule has 0 amide bonds. The SMILES string of the molecule is Cc1cc(CN2C3CCC2CC(=O)C3)no1. The molecule has 3 rings (SSSR count). The number of hydrogen-bond donors (Lipinski definition) is 0. The number of aromatic nitrogens is 1. The third-order valence-corrected chi connectivity index (χ3v) is 3.72. The van der Waals surface area contributed by atoms with E-state index in [9.17, 15) is 4.79 Å². The van der Waals surface area contributed by atoms with Gasteiger partial charge in [0.05, 0.1) is 5.69 Å². The number of hydrogen-bond acceptors (Lipinski definition) is 4. The molecule has 0 saturated carbocycles. The zero-order valence-electron chi connectivity index (χ0n) is 9.48. The summed E-state index contributed by atoms with van der Waals surface area (Å²) in [5.41, 5.74) is 0.990. The van der Waals surface area contributed by atoms with Gasteiger partial charge in [-0.3, -0.25) is 9.69 Å². The van der Waals surface area contributed by atoms with Crippen LogP contribution in [0.4, 0.5) is 0 Å². The van der Waals surface area contributed by atoms with Gasteiger partial charge in [0, 0.05) is 37.5 Å². The van der Waals surface area contributed by atoms with E-state index >= 15 is 0 Å². The molecule has 1 aromatic heterocycles. The predicted molar refractivity (Wildman–Crippen MR) is 57.8 cm³/mol. The van der Waals surface area contributed by atoms with Gasteiger partial charge in [0.2, 0.25) is 0 Å². The van der Waals surface area contributed by atoms with Crippen LogP contribution < -0.4 is 0 Å². The smallest absolute Gasteiger partial charge is 0.136 e. The Balaban J connectivity index is 1.74. The largest absolute Gasteiger partial charge is 0.361 e. The summed E-state index contributed by atoms with van der Waals surface area (Å²) in [5, 5.41) is 4.02. The van der Waals surface area contributed by atoms with Gasteiger partial charge in [-0.25, -0.2) is 0 Å². The van der Waals surface area contributed by atoms with Crippen LogP contribution in [0.25, 0.3) is 0 Å². The molecular weight excluding hydrogens is 204 g/mol. The summed E-state index contributed by atoms with van der Waals surface area (Å²) >= 11 is 0. The number of aryl methyl sites for hydroxylation is 1. The summed E-state index contributed by atoms with van der Waals surface area (Å²) < 4.78 is 5.07. The Kier molecular flexibility index (Phi) is 2.32. The lowest BCUT2D eigenvalue weighted by Gasteiger charge is -2.33. The van der Waals surface area contributed by atoms with Gasteiger partial charge in [-0.15, -0.1) is 0 Å². The molecule has 2 bridgehead atoms. The zero-order chi connectivity index (χ0) is 11.1. The van der Waals surface area contributed by atoms with Crippen molar-refractivity contribution in [2.45, 2.75) is 51.2 Å². The Labute approximate surface area is 94.6 Å². The molecule has 4 nitrogen and oxygen atoms in total. The summed E-state index contributed by atoms with van der Waals surface area (Å²) in [7, 11) is 0. The summed E-state index contributed by atoms with van der Waals surface area (Å²) in [6.45, 7) is 2.74. The number of piperidine rings is 1. The standard InChI is InChI=1S/C12H16N2O2/c1-8-4-9(13-16-8)7-14-10-2-3-11(14)6-12(15)5-10/h4,10-11H,2-3,5-7H2,1H3. The molecule has 0 aliphatic carbocycles. The van der Waals surface area contributed by atoms with Crippen LogP contribution in [0.5, 0.6) is 0 Å². The van der Waals surface area contributed by atoms with Crippen molar-refractivity contribution >= 4 is 5.78 Å². The first kappa shape index (κ1) is 10.0. The van der Waals surface area contributed by atoms with Crippen molar-refractivity contribution in [2.75, 3.05) is 0 Å². The van der Waals surface area contributed by atoms with Crippen molar-refractivity contribution in [3.63, 3.8) is 0 Å². The van der Waals surface area contributed by atoms with Gasteiger partial charge >= 0.3 is 0 Å². The van der Waals surface area contributed by atoms with Gasteiger partial charge in [0.1, 0.15) is 11.5 Å². The van der Waals surface area contributed by atoms with Gasteiger partial charge < -0.3 is 4.52 Å². The summed E-state index contributed by atoms with van der Waals surface area (Å²) in [6, 6.07) is 2.88. The van der Waals surface area contributed by atoms with E-state index in [1.54, 1.807) is 0 Å². The minimum Gasteiger partial charge on any atom is -0.361 e. The van der Waals surface area contributed by atoms with Crippen molar-refractivity contribution in [2.24, 2.45) is 0 Å². The molecule has 2 saturated heterocycles. The van der Waals surface area contributed by atoms with E-state index in [1.165, 1.54) is 0 Å². The normalized spacial score (nSPS) is 29.9. The lowest BCUT2D eigenvalue weighted by molar-refractivity contribution is -0.123. The van der Waals surface area contributed by atoms with Crippen LogP contribution in [0.15, 0.2) is 10.6 Å². The molecule has 0 N–H and O–H groups in total. The third-order valence-electron chi connectivity index (χ3n) is 3.72. The molecule has 0 aromatic carbocycles. The quantitative estimate of drug-likeness (QED) is 0.760. The molecule has 16 heavy (non-hydrogen) atoms. The van der Waals surface area contributed by atoms with Gasteiger partial charge in [-0.2, -0.15) is 0 Å². The number of ketones is 1. The maximum atomic E-state index is 11.5. The van der Waals surface area contributed by atoms with Crippen molar-refractivity contribution in [3.8, 4) is 0 Å². The van der Waals surface area contributed by atoms with Crippen molar-refractivity contribution in [1.29, 1.82) is 0 Å². The van der Waals surface area contributed by atoms with Gasteiger partial charge in [0.25, 0.3) is 0 Å². The molecule has 3 heterocycles. The number of carbonyl (C=O) groups is 1. The van der Waals surface area contributed by atoms with Crippen LogP contribution >= 0.6 is 0 Å². The second kappa shape index (κ2) is 3.70. The maximum Gasteiger partial charge on any atom is 0.136 e. The predicted octanol–water partition coefficient (Wildman–Crippen LogP) is 1.68. The number of rotatable bonds is 2. The molecule has 2 fully saturated rings. The minimum atomic E-state index is 0.431. The van der Waals surface area contributed by atoms with E-state index in [2.05, 4.69) is 10.1 Å². The maximum absolute atomic E-state index is 11.5. The van der Waals surface area contributed by atoms with Gasteiger partial charge in [-0.05, 0) is 19.8 Å². The molecule has 0 spiro atoms. The Morgan fingerprint density at radius 1 is 1.44 bits per heavy atom. The highest BCUT2D eigenvalue weighted by Crippen LogP contribution is 2.34. The van der Waals surface area contributed by atoms with Crippen LogP contribution in [0.3, 0.4) is 0 Å². The van der Waals surface area contributed by atoms with Crippen molar-refractivity contribution < 1.29 is 9.32 Å². The van der Waals surface area contributed by atoms with Gasteiger partial charge in [0.15, 0.2) is 0 Å². The van der Waals surface area contributed by atoms with E-state index in [0.29, 0.717) is 17.9 Å². The average Bonchev–Trinajstić information content (AvgIpc) is 2.72. The van der Waals surface area contributed by atoms with Crippen LogP contribution in [-0.4, -0.2) is 27.9 Å². The summed E-state index contributed by atoms with van der Waals surface area (Å²) in [6.07, 6.45) is 3.78. The molecule has 0 radical (unpaired) electrons. The first-order valence-electron chi connectivity index (χ1n) is 5.92. The number of nitrogens with zero attached hydrogens (tertiary/aromatic N) is 2. The fraction of sp³-hybridized carbons (Fsp3) is 0.667. The van der Waals surface area contributed by atoms with Crippen LogP contribution in [0.1, 0.15) is 37.1 Å². The third kappa shape index (κ3) is 1.67. The fourth-order valence-corrected chi connectivity index (χ4v) is 3.00. The highest BCUT2D eigenvalue weighted by Gasteiger charge is 2.40. The Morgan fingerprint density at radius 3 is 2.69 bits per heavy atom. The molecule has 2 atom stereocenters. The lowest BCUT2D eigenvalue weighted by atomic mass is 10.0. The lowest BCUT2D eigenvalue weighted by Crippen LogP contribution is -2.42. The molecular formula is C12H16N2O2. The van der Waals surface area contributed by atoms with E-state index in [-0.39, 0.29) is 0 Å². The first-order chi connectivity index (χ1) is 7.72. The first-order valence-corrected chi connectivity index (χ1v) is 5.92. The number of carbonyl (C=O) groups excluding carboxylic acids is 1. The van der Waals surface area contributed by atoms with Crippen LogP contribution in [0, 0.1) is 6.92 Å². The monoisotopic (exact) mass is 220 g/mol. The Morgan fingerprint density at radius 2 is 2.12 bits per heavy atom. The molecule has 2 aliphatic rings. The highest BCUT2D eigenvalue weighted by atomic mass is 16.5. The van der Waals surface area contributed by atoms with Crippen molar-refractivity contribution in [1.82, 2.24) is 10.1 Å². The fourth-order valence-electron chi connectivity index (χ4n) is 3.00. The molecule has 2 unspecified atom stereocenters. The highest BCUT2D eigenvalue weighted by molar-refractivity contribution is 5.80. The van der Waals surface area contributed by atoms with Crippen LogP contribution in [0.2, 0.25) is 0 Å². The Hall–Kier alpha value is -1.16. The molecule has 4 heteroatoms. The summed E-state index contributed by atoms with van der Waals surface area (Å²) in [5.74, 6) is 1.29. The number of fused-ring (bicyclic) bond motifs is 2. The van der Waals surface area contributed by atoms with Crippen molar-refractivity contribution in [3.05, 3.63) is 17.5 Å². The van der Waals surface area contributed by atoms with E-state index in [4.69, 9.17) is 4.52 Å². The number of Topliss-reactive ketones (excluding diaryl/α,β-unsaturated/α-hetero) is 1. The zero-order valence-corrected chi connectivity index (χ0v) is 9.48. The summed E-state index contributed by atoms with van der Waals surface area (Å²) in [4.78, 5) is 13.9. The topological polar surface area (TPSA) is 46.3 Å². The second-order valence-electron chi connectivity index (χ2n) is 4.93. The van der Waals surface area contributed by atoms with E-state index in [0.717, 1.165) is 43.7 Å². The van der Waals surface area contributed by atoms with E-state index in [1.807, 2.05) is 13.0 Å². The molecule has 86 valence electrons. The van der Waals surface area contributed by atoms with Crippen LogP contribution in [-0.2, 0) is 11.3 Å². The minimum absolute atomic E-state index is 0.431.